The Morgan fingerprint density at radius 3 is 2.67 bits per heavy atom. The van der Waals surface area contributed by atoms with Gasteiger partial charge in [-0.25, -0.2) is 4.98 Å². The Morgan fingerprint density at radius 1 is 1.12 bits per heavy atom. The molecule has 0 aliphatic carbocycles. The molecule has 2 heterocycles. The first kappa shape index (κ1) is 22.6. The Bertz CT molecular complexity index is 1150. The molecule has 1 atom stereocenters. The van der Waals surface area contributed by atoms with Gasteiger partial charge in [-0.05, 0) is 50.3 Å². The van der Waals surface area contributed by atoms with Gasteiger partial charge >= 0.3 is 0 Å². The number of rotatable bonds is 6. The van der Waals surface area contributed by atoms with Crippen LogP contribution >= 0.6 is 0 Å². The fourth-order valence-electron chi connectivity index (χ4n) is 4.58. The molecule has 0 radical (unpaired) electrons. The maximum absolute atomic E-state index is 13.5. The van der Waals surface area contributed by atoms with E-state index in [9.17, 15) is 9.59 Å². The number of hydrogen-bond donors (Lipinski definition) is 1. The predicted octanol–water partition coefficient (Wildman–Crippen LogP) is 4.05. The highest BCUT2D eigenvalue weighted by Gasteiger charge is 2.46. The van der Waals surface area contributed by atoms with E-state index in [-0.39, 0.29) is 17.9 Å². The van der Waals surface area contributed by atoms with Gasteiger partial charge in [-0.15, -0.1) is 0 Å². The third-order valence-electron chi connectivity index (χ3n) is 6.20. The first-order valence-corrected chi connectivity index (χ1v) is 11.4. The SMILES string of the molecule is Cc1cccc(-c2ccccc2CC2(C(=O)NC(C)C)CCN(C(=O)c3cnccn3)C2)c1. The highest BCUT2D eigenvalue weighted by molar-refractivity contribution is 5.93. The predicted molar refractivity (Wildman–Crippen MR) is 129 cm³/mol. The first-order chi connectivity index (χ1) is 15.9. The van der Waals surface area contributed by atoms with E-state index in [0.29, 0.717) is 31.6 Å². The molecule has 1 N–H and O–H groups in total. The van der Waals surface area contributed by atoms with E-state index in [1.54, 1.807) is 11.1 Å². The van der Waals surface area contributed by atoms with Gasteiger partial charge < -0.3 is 10.2 Å². The molecule has 1 saturated heterocycles. The van der Waals surface area contributed by atoms with Crippen LogP contribution in [0.1, 0.15) is 41.9 Å². The van der Waals surface area contributed by atoms with E-state index in [0.717, 1.165) is 16.7 Å². The van der Waals surface area contributed by atoms with Crippen molar-refractivity contribution < 1.29 is 9.59 Å². The van der Waals surface area contributed by atoms with E-state index >= 15 is 0 Å². The van der Waals surface area contributed by atoms with Gasteiger partial charge in [0.25, 0.3) is 5.91 Å². The van der Waals surface area contributed by atoms with Crippen LogP contribution in [0.4, 0.5) is 0 Å². The molecule has 1 aliphatic heterocycles. The molecule has 33 heavy (non-hydrogen) atoms. The molecule has 2 amide bonds. The quantitative estimate of drug-likeness (QED) is 0.625. The van der Waals surface area contributed by atoms with E-state index < -0.39 is 5.41 Å². The van der Waals surface area contributed by atoms with Crippen LogP contribution in [-0.2, 0) is 11.2 Å². The number of hydrogen-bond acceptors (Lipinski definition) is 4. The molecule has 1 fully saturated rings. The molecular formula is C27H30N4O2. The number of nitrogens with one attached hydrogen (secondary N) is 1. The maximum atomic E-state index is 13.5. The second-order valence-corrected chi connectivity index (χ2v) is 9.18. The molecular weight excluding hydrogens is 412 g/mol. The van der Waals surface area contributed by atoms with Crippen LogP contribution < -0.4 is 5.32 Å². The Hall–Kier alpha value is -3.54. The highest BCUT2D eigenvalue weighted by atomic mass is 16.2. The van der Waals surface area contributed by atoms with Crippen molar-refractivity contribution in [2.75, 3.05) is 13.1 Å². The molecule has 1 aliphatic rings. The second-order valence-electron chi connectivity index (χ2n) is 9.18. The largest absolute Gasteiger partial charge is 0.353 e. The summed E-state index contributed by atoms with van der Waals surface area (Å²) >= 11 is 0. The van der Waals surface area contributed by atoms with Gasteiger partial charge in [0, 0.05) is 31.5 Å². The Balaban J connectivity index is 1.67. The number of benzene rings is 2. The summed E-state index contributed by atoms with van der Waals surface area (Å²) in [5, 5.41) is 3.11. The third-order valence-corrected chi connectivity index (χ3v) is 6.20. The van der Waals surface area contributed by atoms with Crippen molar-refractivity contribution in [2.45, 2.75) is 39.7 Å². The Morgan fingerprint density at radius 2 is 1.94 bits per heavy atom. The zero-order valence-corrected chi connectivity index (χ0v) is 19.4. The van der Waals surface area contributed by atoms with Crippen LogP contribution in [0.25, 0.3) is 11.1 Å². The summed E-state index contributed by atoms with van der Waals surface area (Å²) in [6.45, 7) is 6.86. The number of aromatic nitrogens is 2. The molecule has 4 rings (SSSR count). The number of aryl methyl sites for hydroxylation is 1. The minimum absolute atomic E-state index is 0.00834. The summed E-state index contributed by atoms with van der Waals surface area (Å²) in [5.41, 5.74) is 4.15. The molecule has 6 heteroatoms. The molecule has 170 valence electrons. The summed E-state index contributed by atoms with van der Waals surface area (Å²) in [6, 6.07) is 16.7. The summed E-state index contributed by atoms with van der Waals surface area (Å²) in [5.74, 6) is -0.194. The molecule has 1 aromatic heterocycles. The van der Waals surface area contributed by atoms with Crippen LogP contribution in [0, 0.1) is 12.3 Å². The lowest BCUT2D eigenvalue weighted by Crippen LogP contribution is -2.47. The monoisotopic (exact) mass is 442 g/mol. The molecule has 0 spiro atoms. The zero-order chi connectivity index (χ0) is 23.4. The topological polar surface area (TPSA) is 75.2 Å². The van der Waals surface area contributed by atoms with Crippen molar-refractivity contribution in [3.8, 4) is 11.1 Å². The van der Waals surface area contributed by atoms with Gasteiger partial charge in [-0.2, -0.15) is 0 Å². The van der Waals surface area contributed by atoms with Crippen LogP contribution in [0.5, 0.6) is 0 Å². The van der Waals surface area contributed by atoms with Crippen LogP contribution in [0.2, 0.25) is 0 Å². The summed E-state index contributed by atoms with van der Waals surface area (Å²) in [4.78, 5) is 36.5. The standard InChI is InChI=1S/C27H30N4O2/c1-19(2)30-26(33)27(11-14-31(18-27)25(32)24-17-28-12-13-29-24)16-22-8-4-5-10-23(22)21-9-6-7-20(3)15-21/h4-10,12-13,15,17,19H,11,14,16,18H2,1-3H3,(H,30,33). The first-order valence-electron chi connectivity index (χ1n) is 11.4. The van der Waals surface area contributed by atoms with Crippen molar-refractivity contribution in [1.29, 1.82) is 0 Å². The number of likely N-dealkylation sites (tertiary alicyclic amines) is 1. The number of carbonyl (C=O) groups is 2. The third kappa shape index (κ3) is 4.95. The molecule has 1 unspecified atom stereocenters. The average molecular weight is 443 g/mol. The fourth-order valence-corrected chi connectivity index (χ4v) is 4.58. The zero-order valence-electron chi connectivity index (χ0n) is 19.4. The minimum Gasteiger partial charge on any atom is -0.353 e. The van der Waals surface area contributed by atoms with Gasteiger partial charge in [-0.1, -0.05) is 54.1 Å². The lowest BCUT2D eigenvalue weighted by Gasteiger charge is -2.30. The number of nitrogens with zero attached hydrogens (tertiary/aromatic N) is 3. The van der Waals surface area contributed by atoms with E-state index in [1.165, 1.54) is 18.0 Å². The van der Waals surface area contributed by atoms with Gasteiger partial charge in [-0.3, -0.25) is 14.6 Å². The lowest BCUT2D eigenvalue weighted by molar-refractivity contribution is -0.130. The molecule has 3 aromatic rings. The normalized spacial score (nSPS) is 17.9. The van der Waals surface area contributed by atoms with Crippen LogP contribution in [0.3, 0.4) is 0 Å². The maximum Gasteiger partial charge on any atom is 0.274 e. The fraction of sp³-hybridized carbons (Fsp3) is 0.333. The van der Waals surface area contributed by atoms with Crippen molar-refractivity contribution in [3.05, 3.63) is 83.9 Å². The molecule has 6 nitrogen and oxygen atoms in total. The van der Waals surface area contributed by atoms with Crippen molar-refractivity contribution >= 4 is 11.8 Å². The van der Waals surface area contributed by atoms with Gasteiger partial charge in [0.2, 0.25) is 5.91 Å². The van der Waals surface area contributed by atoms with E-state index in [1.807, 2.05) is 26.0 Å². The summed E-state index contributed by atoms with van der Waals surface area (Å²) < 4.78 is 0. The lowest BCUT2D eigenvalue weighted by atomic mass is 9.78. The molecule has 0 saturated carbocycles. The van der Waals surface area contributed by atoms with Crippen molar-refractivity contribution in [2.24, 2.45) is 5.41 Å². The molecule has 0 bridgehead atoms. The van der Waals surface area contributed by atoms with Crippen LogP contribution in [-0.4, -0.2) is 45.8 Å². The highest BCUT2D eigenvalue weighted by Crippen LogP contribution is 2.38. The van der Waals surface area contributed by atoms with Crippen LogP contribution in [0.15, 0.2) is 67.1 Å². The Labute approximate surface area is 195 Å². The molecule has 2 aromatic carbocycles. The Kier molecular flexibility index (Phi) is 6.54. The number of amides is 2. The average Bonchev–Trinajstić information content (AvgIpc) is 3.24. The smallest absolute Gasteiger partial charge is 0.274 e. The minimum atomic E-state index is -0.706. The van der Waals surface area contributed by atoms with Gasteiger partial charge in [0.1, 0.15) is 5.69 Å². The van der Waals surface area contributed by atoms with Crippen molar-refractivity contribution in [3.63, 3.8) is 0 Å². The van der Waals surface area contributed by atoms with Crippen molar-refractivity contribution in [1.82, 2.24) is 20.2 Å². The summed E-state index contributed by atoms with van der Waals surface area (Å²) in [6.07, 6.45) is 5.69. The second kappa shape index (κ2) is 9.53. The van der Waals surface area contributed by atoms with E-state index in [4.69, 9.17) is 0 Å². The summed E-state index contributed by atoms with van der Waals surface area (Å²) in [7, 11) is 0. The van der Waals surface area contributed by atoms with E-state index in [2.05, 4.69) is 58.6 Å². The van der Waals surface area contributed by atoms with Gasteiger partial charge in [0.05, 0.1) is 11.6 Å². The number of carbonyl (C=O) groups excluding carboxylic acids is 2. The van der Waals surface area contributed by atoms with Gasteiger partial charge in [0.15, 0.2) is 0 Å².